The average molecular weight is 1230 g/mol. The van der Waals surface area contributed by atoms with E-state index in [1.54, 1.807) is 6.08 Å². The number of allylic oxidation sites excluding steroid dienone is 19. The molecule has 12 N–H and O–H groups in total. The molecule has 0 aromatic carbocycles. The summed E-state index contributed by atoms with van der Waals surface area (Å²) in [6.45, 7) is 1.46. The Hall–Kier alpha value is -3.81. The van der Waals surface area contributed by atoms with Crippen molar-refractivity contribution in [2.45, 2.75) is 272 Å². The molecule has 87 heavy (non-hydrogen) atoms. The molecule has 1 amide bonds. The molecule has 17 unspecified atom stereocenters. The topological polar surface area (TPSA) is 307 Å². The molecule has 3 aliphatic rings. The van der Waals surface area contributed by atoms with Gasteiger partial charge in [-0.2, -0.15) is 0 Å². The van der Waals surface area contributed by atoms with Gasteiger partial charge in [0, 0.05) is 6.42 Å². The van der Waals surface area contributed by atoms with E-state index in [4.69, 9.17) is 28.4 Å². The minimum Gasteiger partial charge on any atom is -0.394 e. The summed E-state index contributed by atoms with van der Waals surface area (Å²) in [5.41, 5.74) is 0. The second-order valence-corrected chi connectivity index (χ2v) is 22.5. The fraction of sp³-hybridized carbons (Fsp3) is 0.691. The van der Waals surface area contributed by atoms with E-state index in [1.807, 2.05) is 6.08 Å². The van der Waals surface area contributed by atoms with Crippen molar-refractivity contribution in [3.05, 3.63) is 122 Å². The third-order valence-corrected chi connectivity index (χ3v) is 15.2. The van der Waals surface area contributed by atoms with Gasteiger partial charge in [0.1, 0.15) is 73.2 Å². The highest BCUT2D eigenvalue weighted by molar-refractivity contribution is 5.76. The highest BCUT2D eigenvalue weighted by Gasteiger charge is 2.53. The lowest BCUT2D eigenvalue weighted by molar-refractivity contribution is -0.379. The number of amides is 1. The number of carbonyl (C=O) groups is 1. The van der Waals surface area contributed by atoms with Crippen LogP contribution in [0.1, 0.15) is 168 Å². The van der Waals surface area contributed by atoms with Crippen LogP contribution in [0, 0.1) is 0 Å². The van der Waals surface area contributed by atoms with E-state index in [0.29, 0.717) is 12.8 Å². The summed E-state index contributed by atoms with van der Waals surface area (Å²) in [4.78, 5) is 13.3. The molecule has 3 heterocycles. The first kappa shape index (κ1) is 77.4. The molecule has 0 aromatic heterocycles. The normalized spacial score (nSPS) is 29.4. The summed E-state index contributed by atoms with van der Waals surface area (Å²) in [5, 5.41) is 120. The molecule has 3 rings (SSSR count). The van der Waals surface area contributed by atoms with Crippen molar-refractivity contribution in [1.29, 1.82) is 0 Å². The van der Waals surface area contributed by atoms with Crippen LogP contribution in [0.3, 0.4) is 0 Å². The molecule has 19 heteroatoms. The van der Waals surface area contributed by atoms with Crippen LogP contribution in [-0.2, 0) is 33.2 Å². The summed E-state index contributed by atoms with van der Waals surface area (Å²) in [5.74, 6) is -0.305. The summed E-state index contributed by atoms with van der Waals surface area (Å²) in [6.07, 6.45) is 39.1. The zero-order valence-corrected chi connectivity index (χ0v) is 51.9. The van der Waals surface area contributed by atoms with E-state index in [0.717, 1.165) is 109 Å². The second-order valence-electron chi connectivity index (χ2n) is 22.5. The van der Waals surface area contributed by atoms with E-state index in [-0.39, 0.29) is 18.9 Å². The number of hydrogen-bond acceptors (Lipinski definition) is 18. The summed E-state index contributed by atoms with van der Waals surface area (Å²) >= 11 is 0. The highest BCUT2D eigenvalue weighted by Crippen LogP contribution is 2.33. The summed E-state index contributed by atoms with van der Waals surface area (Å²) in [7, 11) is 0. The molecular formula is C68H111NO18. The van der Waals surface area contributed by atoms with Crippen LogP contribution < -0.4 is 5.32 Å². The quantitative estimate of drug-likeness (QED) is 0.0211. The van der Waals surface area contributed by atoms with Gasteiger partial charge in [-0.3, -0.25) is 4.79 Å². The van der Waals surface area contributed by atoms with Crippen molar-refractivity contribution in [2.24, 2.45) is 0 Å². The van der Waals surface area contributed by atoms with Gasteiger partial charge in [-0.25, -0.2) is 0 Å². The Balaban J connectivity index is 1.40. The predicted molar refractivity (Wildman–Crippen MR) is 336 cm³/mol. The molecule has 0 saturated carbocycles. The largest absolute Gasteiger partial charge is 0.394 e. The van der Waals surface area contributed by atoms with Gasteiger partial charge in [0.25, 0.3) is 0 Å². The molecule has 496 valence electrons. The van der Waals surface area contributed by atoms with Crippen molar-refractivity contribution in [2.75, 3.05) is 26.4 Å². The van der Waals surface area contributed by atoms with Crippen molar-refractivity contribution in [1.82, 2.24) is 5.32 Å². The minimum atomic E-state index is -1.99. The molecule has 0 aromatic rings. The van der Waals surface area contributed by atoms with Crippen molar-refractivity contribution in [3.63, 3.8) is 0 Å². The Labute approximate surface area is 518 Å². The first-order chi connectivity index (χ1) is 42.3. The third kappa shape index (κ3) is 31.7. The number of hydrogen-bond donors (Lipinski definition) is 12. The number of unbranched alkanes of at least 4 members (excludes halogenated alkanes) is 12. The van der Waals surface area contributed by atoms with Gasteiger partial charge in [0.2, 0.25) is 5.91 Å². The maximum Gasteiger partial charge on any atom is 0.220 e. The first-order valence-electron chi connectivity index (χ1n) is 32.3. The van der Waals surface area contributed by atoms with Crippen LogP contribution in [0.4, 0.5) is 0 Å². The van der Waals surface area contributed by atoms with Crippen molar-refractivity contribution < 1.29 is 89.4 Å². The van der Waals surface area contributed by atoms with Gasteiger partial charge in [-0.05, 0) is 96.3 Å². The van der Waals surface area contributed by atoms with Crippen LogP contribution in [0.2, 0.25) is 0 Å². The molecule has 0 radical (unpaired) electrons. The molecule has 3 aliphatic heterocycles. The van der Waals surface area contributed by atoms with Gasteiger partial charge in [-0.1, -0.05) is 187 Å². The molecular weight excluding hydrogens is 1120 g/mol. The van der Waals surface area contributed by atoms with Gasteiger partial charge in [-0.15, -0.1) is 0 Å². The molecule has 3 saturated heterocycles. The Morgan fingerprint density at radius 1 is 0.425 bits per heavy atom. The Kier molecular flexibility index (Phi) is 43.6. The van der Waals surface area contributed by atoms with Gasteiger partial charge in [0.05, 0.1) is 38.6 Å². The van der Waals surface area contributed by atoms with E-state index >= 15 is 0 Å². The Morgan fingerprint density at radius 3 is 1.28 bits per heavy atom. The fourth-order valence-corrected chi connectivity index (χ4v) is 9.97. The monoisotopic (exact) mass is 1230 g/mol. The maximum atomic E-state index is 13.3. The first-order valence-corrected chi connectivity index (χ1v) is 32.3. The van der Waals surface area contributed by atoms with Crippen LogP contribution in [0.15, 0.2) is 122 Å². The second kappa shape index (κ2) is 49.0. The Morgan fingerprint density at radius 2 is 0.805 bits per heavy atom. The van der Waals surface area contributed by atoms with Crippen molar-refractivity contribution in [3.8, 4) is 0 Å². The number of carbonyl (C=O) groups excluding carboxylic acids is 1. The maximum absolute atomic E-state index is 13.3. The smallest absolute Gasteiger partial charge is 0.220 e. The fourth-order valence-electron chi connectivity index (χ4n) is 9.97. The molecule has 3 fully saturated rings. The molecule has 19 nitrogen and oxygen atoms in total. The van der Waals surface area contributed by atoms with E-state index in [2.05, 4.69) is 129 Å². The van der Waals surface area contributed by atoms with E-state index < -0.39 is 124 Å². The number of aliphatic hydroxyl groups is 11. The van der Waals surface area contributed by atoms with Crippen LogP contribution in [-0.4, -0.2) is 193 Å². The summed E-state index contributed by atoms with van der Waals surface area (Å²) < 4.78 is 34.2. The molecule has 0 bridgehead atoms. The summed E-state index contributed by atoms with van der Waals surface area (Å²) in [6, 6.07) is -1.01. The highest BCUT2D eigenvalue weighted by atomic mass is 16.8. The zero-order chi connectivity index (χ0) is 63.3. The molecule has 0 aliphatic carbocycles. The van der Waals surface area contributed by atoms with Gasteiger partial charge < -0.3 is 89.9 Å². The lowest BCUT2D eigenvalue weighted by Gasteiger charge is -2.48. The third-order valence-electron chi connectivity index (χ3n) is 15.2. The van der Waals surface area contributed by atoms with Gasteiger partial charge in [0.15, 0.2) is 18.9 Å². The number of aliphatic hydroxyl groups excluding tert-OH is 11. The lowest BCUT2D eigenvalue weighted by atomic mass is 9.96. The van der Waals surface area contributed by atoms with Crippen LogP contribution in [0.5, 0.6) is 0 Å². The number of ether oxygens (including phenoxy) is 6. The SMILES string of the molecule is CC/C=C\C/C=C\C/C=C\C/C=C\C/C=C\C/C=C\C/C=C\CCCCCCCCCCCC(=O)NC(COC1OC(CO)C(OC2OC(CO)C(OC3OC(CO)C(O)C(O)C3O)C(O)C2O)C(O)C1O)C(O)/C=C/CC/C=C/CC/C=C/CCC. The predicted octanol–water partition coefficient (Wildman–Crippen LogP) is 7.26. The van der Waals surface area contributed by atoms with E-state index in [9.17, 15) is 61.0 Å². The standard InChI is InChI=1S/C68H111NO18/c1-3-5-7-9-11-13-15-16-17-18-19-20-21-22-23-24-25-26-27-28-29-30-31-32-33-34-36-38-40-42-44-46-56(74)69-51(52(73)45-43-41-39-37-35-14-12-10-8-6-4-2)50-82-66-62(80)59(77)64(54(48-71)84-66)87-68-63(81)60(78)65(55(49-72)85-68)86-67-61(79)58(76)57(75)53(47-70)83-67/h5,7-8,10-11,13,16-17,19-20,22-23,25-26,28-29,35,37,43,45,51-55,57-68,70-73,75-81H,3-4,6,9,12,14-15,18,21,24,27,30-34,36,38-42,44,46-50H2,1-2H3,(H,69,74)/b7-5-,10-8+,13-11-,17-16-,20-19-,23-22-,26-25-,29-28-,37-35+,45-43+. The lowest BCUT2D eigenvalue weighted by Crippen LogP contribution is -2.66. The minimum absolute atomic E-state index is 0.216. The average Bonchev–Trinajstić information content (AvgIpc) is 3.71. The Bertz CT molecular complexity index is 2050. The molecule has 17 atom stereocenters. The van der Waals surface area contributed by atoms with Gasteiger partial charge >= 0.3 is 0 Å². The van der Waals surface area contributed by atoms with Crippen LogP contribution in [0.25, 0.3) is 0 Å². The van der Waals surface area contributed by atoms with E-state index in [1.165, 1.54) is 25.7 Å². The molecule has 0 spiro atoms. The number of nitrogens with one attached hydrogen (secondary N) is 1. The van der Waals surface area contributed by atoms with Crippen LogP contribution >= 0.6 is 0 Å². The zero-order valence-electron chi connectivity index (χ0n) is 51.9. The number of rotatable bonds is 46. The van der Waals surface area contributed by atoms with Crippen molar-refractivity contribution >= 4 is 5.91 Å².